The molecule has 0 saturated heterocycles. The molecular weight excluding hydrogens is 278 g/mol. The Morgan fingerprint density at radius 1 is 1.10 bits per heavy atom. The van der Waals surface area contributed by atoms with Gasteiger partial charge in [-0.25, -0.2) is 14.5 Å². The van der Waals surface area contributed by atoms with Crippen molar-refractivity contribution in [3.63, 3.8) is 0 Å². The van der Waals surface area contributed by atoms with Crippen LogP contribution in [0.25, 0.3) is 0 Å². The van der Waals surface area contributed by atoms with Gasteiger partial charge in [0, 0.05) is 0 Å². The zero-order chi connectivity index (χ0) is 16.2. The lowest BCUT2D eigenvalue weighted by Gasteiger charge is -2.36. The predicted octanol–water partition coefficient (Wildman–Crippen LogP) is 2.63. The average molecular weight is 301 g/mol. The summed E-state index contributed by atoms with van der Waals surface area (Å²) in [7, 11) is 1.15. The molecule has 0 aromatic rings. The van der Waals surface area contributed by atoms with Crippen LogP contribution in [0.2, 0.25) is 0 Å². The Labute approximate surface area is 124 Å². The van der Waals surface area contributed by atoms with Crippen molar-refractivity contribution in [3.05, 3.63) is 0 Å². The number of carbonyl (C=O) groups is 3. The monoisotopic (exact) mass is 301 g/mol. The number of carbonyl (C=O) groups excluding carboxylic acids is 2. The van der Waals surface area contributed by atoms with Gasteiger partial charge in [0.05, 0.1) is 19.1 Å². The second kappa shape index (κ2) is 6.78. The van der Waals surface area contributed by atoms with Crippen molar-refractivity contribution in [1.82, 2.24) is 4.90 Å². The predicted molar refractivity (Wildman–Crippen MR) is 73.9 cm³/mol. The SMILES string of the molecule is COC(=O)N(C(=O)OC(C)(C)C)[C@@H]1CCCC[C@@H]1C(=O)O. The number of carboxylic acid groups (broad SMARTS) is 1. The van der Waals surface area contributed by atoms with Crippen molar-refractivity contribution >= 4 is 18.2 Å². The Hall–Kier alpha value is -1.79. The molecule has 1 fully saturated rings. The summed E-state index contributed by atoms with van der Waals surface area (Å²) in [5, 5.41) is 9.30. The van der Waals surface area contributed by atoms with E-state index in [0.29, 0.717) is 12.8 Å². The van der Waals surface area contributed by atoms with Crippen molar-refractivity contribution in [3.8, 4) is 0 Å². The van der Waals surface area contributed by atoms with Crippen LogP contribution in [0.1, 0.15) is 46.5 Å². The molecule has 1 saturated carbocycles. The summed E-state index contributed by atoms with van der Waals surface area (Å²) in [5.41, 5.74) is -0.781. The molecule has 0 radical (unpaired) electrons. The van der Waals surface area contributed by atoms with Gasteiger partial charge in [0.1, 0.15) is 5.60 Å². The summed E-state index contributed by atoms with van der Waals surface area (Å²) in [6.07, 6.45) is 0.623. The number of aliphatic carboxylic acids is 1. The quantitative estimate of drug-likeness (QED) is 0.842. The molecule has 2 atom stereocenters. The normalized spacial score (nSPS) is 22.3. The highest BCUT2D eigenvalue weighted by Gasteiger charge is 2.42. The zero-order valence-electron chi connectivity index (χ0n) is 12.9. The Bertz CT molecular complexity index is 414. The number of ether oxygens (including phenoxy) is 2. The molecule has 0 heterocycles. The van der Waals surface area contributed by atoms with Crippen LogP contribution in [0.15, 0.2) is 0 Å². The molecule has 1 rings (SSSR count). The highest BCUT2D eigenvalue weighted by atomic mass is 16.6. The summed E-state index contributed by atoms with van der Waals surface area (Å²) in [6.45, 7) is 5.03. The fourth-order valence-electron chi connectivity index (χ4n) is 2.46. The van der Waals surface area contributed by atoms with Crippen LogP contribution < -0.4 is 0 Å². The van der Waals surface area contributed by atoms with E-state index in [1.807, 2.05) is 0 Å². The Kier molecular flexibility index (Phi) is 5.57. The minimum Gasteiger partial charge on any atom is -0.481 e. The van der Waals surface area contributed by atoms with Crippen LogP contribution in [0.5, 0.6) is 0 Å². The molecule has 1 aliphatic carbocycles. The lowest BCUT2D eigenvalue weighted by Crippen LogP contribution is -2.52. The van der Waals surface area contributed by atoms with Gasteiger partial charge in [-0.1, -0.05) is 12.8 Å². The fraction of sp³-hybridized carbons (Fsp3) is 0.786. The van der Waals surface area contributed by atoms with Gasteiger partial charge in [0.2, 0.25) is 0 Å². The van der Waals surface area contributed by atoms with Crippen molar-refractivity contribution in [2.45, 2.75) is 58.1 Å². The van der Waals surface area contributed by atoms with Crippen LogP contribution in [-0.4, -0.2) is 46.9 Å². The van der Waals surface area contributed by atoms with E-state index < -0.39 is 35.7 Å². The molecule has 7 heteroatoms. The second-order valence-electron chi connectivity index (χ2n) is 6.12. The lowest BCUT2D eigenvalue weighted by molar-refractivity contribution is -0.145. The summed E-state index contributed by atoms with van der Waals surface area (Å²) < 4.78 is 9.82. The van der Waals surface area contributed by atoms with Crippen LogP contribution in [0.4, 0.5) is 9.59 Å². The summed E-state index contributed by atoms with van der Waals surface area (Å²) >= 11 is 0. The number of rotatable bonds is 2. The topological polar surface area (TPSA) is 93.1 Å². The van der Waals surface area contributed by atoms with E-state index in [4.69, 9.17) is 4.74 Å². The summed E-state index contributed by atoms with van der Waals surface area (Å²) in [6, 6.07) is -0.737. The first-order valence-corrected chi connectivity index (χ1v) is 7.00. The highest BCUT2D eigenvalue weighted by Crippen LogP contribution is 2.30. The van der Waals surface area contributed by atoms with Crippen LogP contribution in [-0.2, 0) is 14.3 Å². The third-order valence-electron chi connectivity index (χ3n) is 3.34. The molecule has 0 aromatic carbocycles. The second-order valence-corrected chi connectivity index (χ2v) is 6.12. The lowest BCUT2D eigenvalue weighted by atomic mass is 9.84. The third kappa shape index (κ3) is 4.61. The van der Waals surface area contributed by atoms with Crippen molar-refractivity contribution in [1.29, 1.82) is 0 Å². The molecule has 120 valence electrons. The fourth-order valence-corrected chi connectivity index (χ4v) is 2.46. The zero-order valence-corrected chi connectivity index (χ0v) is 12.9. The Balaban J connectivity index is 3.03. The molecule has 0 spiro atoms. The maximum atomic E-state index is 12.2. The maximum absolute atomic E-state index is 12.2. The first kappa shape index (κ1) is 17.3. The minimum absolute atomic E-state index is 0.427. The van der Waals surface area contributed by atoms with E-state index >= 15 is 0 Å². The van der Waals surface area contributed by atoms with Crippen LogP contribution >= 0.6 is 0 Å². The first-order chi connectivity index (χ1) is 9.67. The van der Waals surface area contributed by atoms with Gasteiger partial charge >= 0.3 is 18.2 Å². The van der Waals surface area contributed by atoms with Gasteiger partial charge in [-0.05, 0) is 33.6 Å². The van der Waals surface area contributed by atoms with Crippen molar-refractivity contribution in [2.75, 3.05) is 7.11 Å². The number of carboxylic acids is 1. The number of amides is 2. The van der Waals surface area contributed by atoms with E-state index in [0.717, 1.165) is 24.9 Å². The standard InChI is InChI=1S/C14H23NO6/c1-14(2,3)21-13(19)15(12(18)20-4)10-8-6-5-7-9(10)11(16)17/h9-10H,5-8H2,1-4H3,(H,16,17)/t9-,10+/m0/s1. The van der Waals surface area contributed by atoms with Gasteiger partial charge in [-0.3, -0.25) is 4.79 Å². The minimum atomic E-state index is -1.02. The first-order valence-electron chi connectivity index (χ1n) is 7.00. The van der Waals surface area contributed by atoms with Gasteiger partial charge in [-0.15, -0.1) is 0 Å². The van der Waals surface area contributed by atoms with Crippen molar-refractivity contribution < 1.29 is 29.0 Å². The molecule has 1 N–H and O–H groups in total. The van der Waals surface area contributed by atoms with Crippen LogP contribution in [0.3, 0.4) is 0 Å². The van der Waals surface area contributed by atoms with Gasteiger partial charge in [0.15, 0.2) is 0 Å². The van der Waals surface area contributed by atoms with E-state index in [1.165, 1.54) is 0 Å². The number of hydrogen-bond donors (Lipinski definition) is 1. The molecule has 0 bridgehead atoms. The molecular formula is C14H23NO6. The van der Waals surface area contributed by atoms with E-state index in [9.17, 15) is 19.5 Å². The molecule has 7 nitrogen and oxygen atoms in total. The molecule has 0 aromatic heterocycles. The largest absolute Gasteiger partial charge is 0.481 e. The maximum Gasteiger partial charge on any atom is 0.420 e. The highest BCUT2D eigenvalue weighted by molar-refractivity contribution is 5.89. The Morgan fingerprint density at radius 3 is 2.14 bits per heavy atom. The Morgan fingerprint density at radius 2 is 1.67 bits per heavy atom. The molecule has 2 amide bonds. The summed E-state index contributed by atoms with van der Waals surface area (Å²) in [4.78, 5) is 36.3. The average Bonchev–Trinajstić information content (AvgIpc) is 2.37. The van der Waals surface area contributed by atoms with Crippen LogP contribution in [0, 0.1) is 5.92 Å². The third-order valence-corrected chi connectivity index (χ3v) is 3.34. The van der Waals surface area contributed by atoms with E-state index in [1.54, 1.807) is 20.8 Å². The number of nitrogens with zero attached hydrogens (tertiary/aromatic N) is 1. The number of imide groups is 1. The number of hydrogen-bond acceptors (Lipinski definition) is 5. The smallest absolute Gasteiger partial charge is 0.420 e. The molecule has 1 aliphatic rings. The number of methoxy groups -OCH3 is 1. The van der Waals surface area contributed by atoms with E-state index in [-0.39, 0.29) is 0 Å². The molecule has 0 unspecified atom stereocenters. The summed E-state index contributed by atoms with van der Waals surface area (Å²) in [5.74, 6) is -1.80. The molecule has 21 heavy (non-hydrogen) atoms. The molecule has 0 aliphatic heterocycles. The van der Waals surface area contributed by atoms with Gasteiger partial charge < -0.3 is 14.6 Å². The van der Waals surface area contributed by atoms with Gasteiger partial charge in [-0.2, -0.15) is 0 Å². The van der Waals surface area contributed by atoms with E-state index in [2.05, 4.69) is 4.74 Å². The van der Waals surface area contributed by atoms with Gasteiger partial charge in [0.25, 0.3) is 0 Å². The van der Waals surface area contributed by atoms with Crippen molar-refractivity contribution in [2.24, 2.45) is 5.92 Å².